The third-order valence-corrected chi connectivity index (χ3v) is 3.62. The van der Waals surface area contributed by atoms with Gasteiger partial charge in [0.15, 0.2) is 11.6 Å². The van der Waals surface area contributed by atoms with Crippen LogP contribution >= 0.6 is 0 Å². The van der Waals surface area contributed by atoms with E-state index in [1.807, 2.05) is 0 Å². The van der Waals surface area contributed by atoms with Crippen molar-refractivity contribution in [1.82, 2.24) is 0 Å². The number of halogens is 2. The minimum atomic E-state index is -1.18. The van der Waals surface area contributed by atoms with Crippen LogP contribution in [0.1, 0.15) is 0 Å². The fraction of sp³-hybridized carbons (Fsp3) is 0.438. The summed E-state index contributed by atoms with van der Waals surface area (Å²) in [6.07, 6.45) is 0. The van der Waals surface area contributed by atoms with Crippen LogP contribution < -0.4 is 10.3 Å². The van der Waals surface area contributed by atoms with Crippen molar-refractivity contribution in [3.63, 3.8) is 0 Å². The molecule has 1 aromatic carbocycles. The van der Waals surface area contributed by atoms with E-state index in [4.69, 9.17) is 4.74 Å². The number of benzene rings is 1. The van der Waals surface area contributed by atoms with Gasteiger partial charge in [0.25, 0.3) is 0 Å². The van der Waals surface area contributed by atoms with Crippen molar-refractivity contribution in [2.45, 2.75) is 0 Å². The van der Waals surface area contributed by atoms with E-state index in [9.17, 15) is 18.4 Å². The molecule has 10 heteroatoms. The average Bonchev–Trinajstić information content (AvgIpc) is 2.66. The number of nitrogens with one attached hydrogen (secondary N) is 1. The van der Waals surface area contributed by atoms with Gasteiger partial charge in [0.2, 0.25) is 11.5 Å². The minimum Gasteiger partial charge on any atom is -0.464 e. The quantitative estimate of drug-likeness (QED) is 0.330. The molecule has 1 heterocycles. The monoisotopic (exact) mass is 371 g/mol. The minimum absolute atomic E-state index is 0.101. The van der Waals surface area contributed by atoms with E-state index in [2.05, 4.69) is 20.0 Å². The molecule has 1 fully saturated rings. The molecule has 0 atom stereocenters. The molecule has 1 aromatic rings. The molecular formula is C16H19F2N3O5. The number of Topliss-reactive ketones (excluding diaryl/α,β-unsaturated/α-hetero) is 1. The molecule has 0 saturated carbocycles. The number of morpholine rings is 1. The molecule has 0 spiro atoms. The maximum atomic E-state index is 14.4. The van der Waals surface area contributed by atoms with Gasteiger partial charge in [0, 0.05) is 20.2 Å². The van der Waals surface area contributed by atoms with Gasteiger partial charge in [0.05, 0.1) is 31.7 Å². The van der Waals surface area contributed by atoms with Gasteiger partial charge in [-0.25, -0.2) is 13.6 Å². The average molecular weight is 371 g/mol. The molecule has 0 amide bonds. The number of hydrogen-bond donors (Lipinski definition) is 1. The van der Waals surface area contributed by atoms with Gasteiger partial charge in [-0.2, -0.15) is 5.10 Å². The van der Waals surface area contributed by atoms with Crippen molar-refractivity contribution < 1.29 is 32.6 Å². The van der Waals surface area contributed by atoms with Crippen LogP contribution in [0.5, 0.6) is 0 Å². The van der Waals surface area contributed by atoms with E-state index in [0.29, 0.717) is 26.3 Å². The second kappa shape index (κ2) is 9.20. The number of anilines is 2. The Kier molecular flexibility index (Phi) is 6.98. The lowest BCUT2D eigenvalue weighted by atomic mass is 10.2. The van der Waals surface area contributed by atoms with Gasteiger partial charge < -0.3 is 19.1 Å². The molecular weight excluding hydrogens is 352 g/mol. The van der Waals surface area contributed by atoms with Crippen LogP contribution in [0.25, 0.3) is 0 Å². The Morgan fingerprint density at radius 1 is 1.23 bits per heavy atom. The summed E-state index contributed by atoms with van der Waals surface area (Å²) in [4.78, 5) is 25.1. The molecule has 142 valence electrons. The highest BCUT2D eigenvalue weighted by Gasteiger charge is 2.23. The Labute approximate surface area is 148 Å². The van der Waals surface area contributed by atoms with E-state index < -0.39 is 35.7 Å². The molecule has 26 heavy (non-hydrogen) atoms. The molecule has 1 aliphatic heterocycles. The Balaban J connectivity index is 2.23. The number of hydrazone groups is 1. The van der Waals surface area contributed by atoms with Gasteiger partial charge in [0.1, 0.15) is 6.61 Å². The number of nitrogens with zero attached hydrogens (tertiary/aromatic N) is 2. The number of ether oxygens (including phenoxy) is 3. The van der Waals surface area contributed by atoms with Crippen LogP contribution in [0, 0.1) is 11.6 Å². The molecule has 1 N–H and O–H groups in total. The van der Waals surface area contributed by atoms with Crippen molar-refractivity contribution in [3.8, 4) is 0 Å². The Hall–Kier alpha value is -2.59. The smallest absolute Gasteiger partial charge is 0.362 e. The molecule has 2 rings (SSSR count). The summed E-state index contributed by atoms with van der Waals surface area (Å²) in [7, 11) is 2.33. The van der Waals surface area contributed by atoms with Crippen molar-refractivity contribution in [2.75, 3.05) is 57.5 Å². The van der Waals surface area contributed by atoms with Crippen molar-refractivity contribution in [2.24, 2.45) is 5.10 Å². The summed E-state index contributed by atoms with van der Waals surface area (Å²) in [5, 5.41) is 3.55. The summed E-state index contributed by atoms with van der Waals surface area (Å²) >= 11 is 0. The zero-order valence-electron chi connectivity index (χ0n) is 14.4. The SMILES string of the molecule is COCC(=O)/C(=N/Nc1ccc(N2CCOCC2)c(F)c1F)C(=O)OC. The molecule has 0 bridgehead atoms. The van der Waals surface area contributed by atoms with Crippen molar-refractivity contribution in [1.29, 1.82) is 0 Å². The Morgan fingerprint density at radius 2 is 1.92 bits per heavy atom. The topological polar surface area (TPSA) is 89.5 Å². The first-order chi connectivity index (χ1) is 12.5. The number of carbonyl (C=O) groups excluding carboxylic acids is 2. The second-order valence-corrected chi connectivity index (χ2v) is 5.28. The normalized spacial score (nSPS) is 14.9. The maximum Gasteiger partial charge on any atom is 0.362 e. The van der Waals surface area contributed by atoms with Gasteiger partial charge in [-0.1, -0.05) is 0 Å². The number of hydrogen-bond acceptors (Lipinski definition) is 8. The highest BCUT2D eigenvalue weighted by atomic mass is 19.2. The first kappa shape index (κ1) is 19.7. The highest BCUT2D eigenvalue weighted by molar-refractivity contribution is 6.64. The van der Waals surface area contributed by atoms with Gasteiger partial charge in [-0.3, -0.25) is 10.2 Å². The molecule has 1 aliphatic rings. The Morgan fingerprint density at radius 3 is 2.54 bits per heavy atom. The van der Waals surface area contributed by atoms with Crippen LogP contribution in [-0.2, 0) is 23.8 Å². The van der Waals surface area contributed by atoms with Crippen LogP contribution in [0.15, 0.2) is 17.2 Å². The van der Waals surface area contributed by atoms with E-state index in [1.165, 1.54) is 19.2 Å². The number of carbonyl (C=O) groups is 2. The van der Waals surface area contributed by atoms with Crippen LogP contribution in [-0.4, -0.2) is 64.6 Å². The lowest BCUT2D eigenvalue weighted by Gasteiger charge is -2.29. The Bertz CT molecular complexity index is 705. The van der Waals surface area contributed by atoms with Crippen LogP contribution in [0.4, 0.5) is 20.2 Å². The van der Waals surface area contributed by atoms with Crippen molar-refractivity contribution in [3.05, 3.63) is 23.8 Å². The number of esters is 1. The third-order valence-electron chi connectivity index (χ3n) is 3.62. The second-order valence-electron chi connectivity index (χ2n) is 5.28. The molecule has 0 aromatic heterocycles. The zero-order chi connectivity index (χ0) is 19.1. The fourth-order valence-corrected chi connectivity index (χ4v) is 2.31. The summed E-state index contributed by atoms with van der Waals surface area (Å²) in [6.45, 7) is 1.33. The summed E-state index contributed by atoms with van der Waals surface area (Å²) < 4.78 is 42.9. The predicted molar refractivity (Wildman–Crippen MR) is 89.3 cm³/mol. The third kappa shape index (κ3) is 4.52. The first-order valence-corrected chi connectivity index (χ1v) is 7.74. The summed E-state index contributed by atoms with van der Waals surface area (Å²) in [5.74, 6) is -4.03. The zero-order valence-corrected chi connectivity index (χ0v) is 14.4. The standard InChI is InChI=1S/C16H19F2N3O5/c1-24-9-12(22)15(16(23)25-2)20-19-10-3-4-11(14(18)13(10)17)21-5-7-26-8-6-21/h3-4,19H,5-9H2,1-2H3/b20-15-. The lowest BCUT2D eigenvalue weighted by Crippen LogP contribution is -2.36. The largest absolute Gasteiger partial charge is 0.464 e. The van der Waals surface area contributed by atoms with Gasteiger partial charge in [-0.05, 0) is 12.1 Å². The van der Waals surface area contributed by atoms with E-state index in [1.54, 1.807) is 4.90 Å². The molecule has 1 saturated heterocycles. The van der Waals surface area contributed by atoms with Crippen LogP contribution in [0.2, 0.25) is 0 Å². The lowest BCUT2D eigenvalue weighted by molar-refractivity contribution is -0.133. The van der Waals surface area contributed by atoms with Crippen LogP contribution in [0.3, 0.4) is 0 Å². The highest BCUT2D eigenvalue weighted by Crippen LogP contribution is 2.27. The predicted octanol–water partition coefficient (Wildman–Crippen LogP) is 0.958. The van der Waals surface area contributed by atoms with Gasteiger partial charge in [-0.15, -0.1) is 0 Å². The molecule has 0 radical (unpaired) electrons. The summed E-state index contributed by atoms with van der Waals surface area (Å²) in [5.41, 5.74) is 1.35. The number of rotatable bonds is 7. The van der Waals surface area contributed by atoms with E-state index in [0.717, 1.165) is 7.11 Å². The van der Waals surface area contributed by atoms with E-state index in [-0.39, 0.29) is 11.4 Å². The first-order valence-electron chi connectivity index (χ1n) is 7.74. The number of ketones is 1. The molecule has 0 aliphatic carbocycles. The van der Waals surface area contributed by atoms with Gasteiger partial charge >= 0.3 is 5.97 Å². The number of methoxy groups -OCH3 is 2. The van der Waals surface area contributed by atoms with E-state index >= 15 is 0 Å². The molecule has 8 nitrogen and oxygen atoms in total. The summed E-state index contributed by atoms with van der Waals surface area (Å²) in [6, 6.07) is 2.65. The molecule has 0 unspecified atom stereocenters. The maximum absolute atomic E-state index is 14.4. The van der Waals surface area contributed by atoms with Crippen molar-refractivity contribution >= 4 is 28.8 Å². The fourth-order valence-electron chi connectivity index (χ4n) is 2.31.